The molecule has 0 unspecified atom stereocenters. The molecule has 0 aliphatic rings. The van der Waals surface area contributed by atoms with Gasteiger partial charge in [-0.25, -0.2) is 0 Å². The molecule has 2 amide bonds. The van der Waals surface area contributed by atoms with Gasteiger partial charge in [0.05, 0.1) is 17.9 Å². The summed E-state index contributed by atoms with van der Waals surface area (Å²) in [5.41, 5.74) is 0.799. The van der Waals surface area contributed by atoms with E-state index in [4.69, 9.17) is 9.52 Å². The Balaban J connectivity index is 2.28. The number of hydrogen-bond acceptors (Lipinski definition) is 4. The molecule has 116 valence electrons. The minimum absolute atomic E-state index is 0.149. The molecule has 2 N–H and O–H groups in total. The summed E-state index contributed by atoms with van der Waals surface area (Å²) < 4.78 is 5.70. The molecule has 0 aliphatic carbocycles. The maximum absolute atomic E-state index is 12.4. The molecular weight excluding hydrogens is 352 g/mol. The number of para-hydroxylation sites is 1. The van der Waals surface area contributed by atoms with Gasteiger partial charge in [-0.3, -0.25) is 9.59 Å². The fourth-order valence-electron chi connectivity index (χ4n) is 1.93. The molecule has 1 aromatic heterocycles. The summed E-state index contributed by atoms with van der Waals surface area (Å²) in [6.07, 6.45) is 0. The van der Waals surface area contributed by atoms with Crippen LogP contribution in [0.25, 0.3) is 0 Å². The van der Waals surface area contributed by atoms with Gasteiger partial charge in [-0.15, -0.1) is 0 Å². The number of nitrogens with zero attached hydrogens (tertiary/aromatic N) is 1. The van der Waals surface area contributed by atoms with Gasteiger partial charge < -0.3 is 19.7 Å². The summed E-state index contributed by atoms with van der Waals surface area (Å²) >= 11 is 3.15. The van der Waals surface area contributed by atoms with Gasteiger partial charge in [0.2, 0.25) is 0 Å². The van der Waals surface area contributed by atoms with Gasteiger partial charge >= 0.3 is 0 Å². The standard InChI is InChI=1S/C15H15BrN2O4/c1-18(15(21)12-6-7-13(16)22-12)11-5-3-2-4-10(11)14(20)17-8-9-19/h2-7,19H,8-9H2,1H3,(H,17,20). The molecule has 7 heteroatoms. The predicted molar refractivity (Wildman–Crippen MR) is 85.0 cm³/mol. The second-order valence-corrected chi connectivity index (χ2v) is 5.25. The highest BCUT2D eigenvalue weighted by molar-refractivity contribution is 9.10. The zero-order chi connectivity index (χ0) is 16.1. The first-order chi connectivity index (χ1) is 10.5. The Kier molecular flexibility index (Phi) is 5.35. The predicted octanol–water partition coefficient (Wildman–Crippen LogP) is 2.04. The summed E-state index contributed by atoms with van der Waals surface area (Å²) in [6, 6.07) is 9.91. The third-order valence-electron chi connectivity index (χ3n) is 3.00. The highest BCUT2D eigenvalue weighted by atomic mass is 79.9. The van der Waals surface area contributed by atoms with E-state index >= 15 is 0 Å². The van der Waals surface area contributed by atoms with Gasteiger partial charge in [0.25, 0.3) is 11.8 Å². The Morgan fingerprint density at radius 3 is 2.64 bits per heavy atom. The maximum atomic E-state index is 12.4. The molecule has 2 aromatic rings. The van der Waals surface area contributed by atoms with E-state index < -0.39 is 0 Å². The van der Waals surface area contributed by atoms with Gasteiger partial charge in [-0.2, -0.15) is 0 Å². The normalized spacial score (nSPS) is 10.3. The molecule has 0 bridgehead atoms. The van der Waals surface area contributed by atoms with E-state index in [1.165, 1.54) is 4.90 Å². The minimum atomic E-state index is -0.367. The number of benzene rings is 1. The van der Waals surface area contributed by atoms with Crippen LogP contribution in [0.2, 0.25) is 0 Å². The second kappa shape index (κ2) is 7.24. The van der Waals surface area contributed by atoms with E-state index in [2.05, 4.69) is 21.2 Å². The zero-order valence-corrected chi connectivity index (χ0v) is 13.5. The first kappa shape index (κ1) is 16.3. The van der Waals surface area contributed by atoms with Crippen LogP contribution in [-0.2, 0) is 0 Å². The number of rotatable bonds is 5. The van der Waals surface area contributed by atoms with E-state index in [-0.39, 0.29) is 30.7 Å². The van der Waals surface area contributed by atoms with Crippen molar-refractivity contribution in [1.82, 2.24) is 5.32 Å². The summed E-state index contributed by atoms with van der Waals surface area (Å²) in [5.74, 6) is -0.557. The Labute approximate surface area is 135 Å². The summed E-state index contributed by atoms with van der Waals surface area (Å²) in [6.45, 7) is -0.000935. The molecule has 2 rings (SSSR count). The van der Waals surface area contributed by atoms with Crippen LogP contribution in [0.3, 0.4) is 0 Å². The number of halogens is 1. The third kappa shape index (κ3) is 3.55. The highest BCUT2D eigenvalue weighted by Gasteiger charge is 2.21. The van der Waals surface area contributed by atoms with Crippen molar-refractivity contribution in [3.05, 3.63) is 52.4 Å². The van der Waals surface area contributed by atoms with E-state index in [0.717, 1.165) is 0 Å². The minimum Gasteiger partial charge on any atom is -0.444 e. The lowest BCUT2D eigenvalue weighted by atomic mass is 10.1. The van der Waals surface area contributed by atoms with E-state index in [9.17, 15) is 9.59 Å². The lowest BCUT2D eigenvalue weighted by Crippen LogP contribution is -2.31. The molecule has 0 aliphatic heterocycles. The van der Waals surface area contributed by atoms with Crippen LogP contribution < -0.4 is 10.2 Å². The van der Waals surface area contributed by atoms with Crippen LogP contribution in [-0.4, -0.2) is 37.1 Å². The smallest absolute Gasteiger partial charge is 0.293 e. The van der Waals surface area contributed by atoms with E-state index in [1.54, 1.807) is 43.4 Å². The number of nitrogens with one attached hydrogen (secondary N) is 1. The third-order valence-corrected chi connectivity index (χ3v) is 3.42. The van der Waals surface area contributed by atoms with Crippen LogP contribution in [0.1, 0.15) is 20.9 Å². The summed E-state index contributed by atoms with van der Waals surface area (Å²) in [7, 11) is 1.57. The Morgan fingerprint density at radius 1 is 1.27 bits per heavy atom. The van der Waals surface area contributed by atoms with Gasteiger partial charge in [0.1, 0.15) is 0 Å². The van der Waals surface area contributed by atoms with Crippen LogP contribution in [0, 0.1) is 0 Å². The average Bonchev–Trinajstić information content (AvgIpc) is 2.97. The molecule has 1 aromatic carbocycles. The molecule has 0 spiro atoms. The van der Waals surface area contributed by atoms with Crippen molar-refractivity contribution in [2.24, 2.45) is 0 Å². The van der Waals surface area contributed by atoms with Crippen molar-refractivity contribution in [3.8, 4) is 0 Å². The maximum Gasteiger partial charge on any atom is 0.293 e. The van der Waals surface area contributed by atoms with Gasteiger partial charge in [-0.05, 0) is 40.2 Å². The van der Waals surface area contributed by atoms with Crippen molar-refractivity contribution < 1.29 is 19.1 Å². The number of anilines is 1. The SMILES string of the molecule is CN(C(=O)c1ccc(Br)o1)c1ccccc1C(=O)NCCO. The molecule has 6 nitrogen and oxygen atoms in total. The Hall–Kier alpha value is -2.12. The fourth-order valence-corrected chi connectivity index (χ4v) is 2.23. The van der Waals surface area contributed by atoms with E-state index in [0.29, 0.717) is 15.9 Å². The lowest BCUT2D eigenvalue weighted by Gasteiger charge is -2.19. The summed E-state index contributed by atoms with van der Waals surface area (Å²) in [4.78, 5) is 25.8. The molecular formula is C15H15BrN2O4. The van der Waals surface area contributed by atoms with Crippen molar-refractivity contribution in [1.29, 1.82) is 0 Å². The molecule has 1 heterocycles. The van der Waals surface area contributed by atoms with Crippen LogP contribution in [0.4, 0.5) is 5.69 Å². The summed E-state index contributed by atoms with van der Waals surface area (Å²) in [5, 5.41) is 11.4. The fraction of sp³-hybridized carbons (Fsp3) is 0.200. The number of carbonyl (C=O) groups is 2. The molecule has 0 saturated carbocycles. The van der Waals surface area contributed by atoms with Gasteiger partial charge in [0.15, 0.2) is 10.4 Å². The first-order valence-electron chi connectivity index (χ1n) is 6.56. The lowest BCUT2D eigenvalue weighted by molar-refractivity contribution is 0.0945. The van der Waals surface area contributed by atoms with Crippen LogP contribution >= 0.6 is 15.9 Å². The number of furan rings is 1. The van der Waals surface area contributed by atoms with Crippen LogP contribution in [0.5, 0.6) is 0 Å². The quantitative estimate of drug-likeness (QED) is 0.847. The zero-order valence-electron chi connectivity index (χ0n) is 11.9. The van der Waals surface area contributed by atoms with Crippen LogP contribution in [0.15, 0.2) is 45.5 Å². The van der Waals surface area contributed by atoms with E-state index in [1.807, 2.05) is 0 Å². The molecule has 22 heavy (non-hydrogen) atoms. The van der Waals surface area contributed by atoms with Crippen molar-refractivity contribution in [2.75, 3.05) is 25.1 Å². The number of amides is 2. The van der Waals surface area contributed by atoms with Crippen molar-refractivity contribution in [2.45, 2.75) is 0 Å². The van der Waals surface area contributed by atoms with Gasteiger partial charge in [0, 0.05) is 13.6 Å². The number of carbonyl (C=O) groups excluding carboxylic acids is 2. The number of hydrogen-bond donors (Lipinski definition) is 2. The molecule has 0 radical (unpaired) electrons. The molecule has 0 fully saturated rings. The Bertz CT molecular complexity index is 684. The van der Waals surface area contributed by atoms with Crippen molar-refractivity contribution >= 4 is 33.4 Å². The highest BCUT2D eigenvalue weighted by Crippen LogP contribution is 2.23. The molecule has 0 saturated heterocycles. The first-order valence-corrected chi connectivity index (χ1v) is 7.35. The number of aliphatic hydroxyl groups is 1. The number of aliphatic hydroxyl groups excluding tert-OH is 1. The van der Waals surface area contributed by atoms with Crippen molar-refractivity contribution in [3.63, 3.8) is 0 Å². The monoisotopic (exact) mass is 366 g/mol. The molecule has 0 atom stereocenters. The average molecular weight is 367 g/mol. The second-order valence-electron chi connectivity index (χ2n) is 4.46. The van der Waals surface area contributed by atoms with Gasteiger partial charge in [-0.1, -0.05) is 12.1 Å². The largest absolute Gasteiger partial charge is 0.444 e. The Morgan fingerprint density at radius 2 is 2.00 bits per heavy atom. The topological polar surface area (TPSA) is 82.8 Å².